The van der Waals surface area contributed by atoms with Crippen LogP contribution in [0.2, 0.25) is 0 Å². The molecule has 1 rings (SSSR count). The van der Waals surface area contributed by atoms with Crippen molar-refractivity contribution in [1.82, 2.24) is 0 Å². The average Bonchev–Trinajstić information content (AvgIpc) is 2.38. The molecule has 6 heteroatoms. The largest absolute Gasteiger partial charge is 0.530 e. The Kier molecular flexibility index (Phi) is 6.65. The first-order valence-corrected chi connectivity index (χ1v) is 7.97. The number of hydrogen-bond acceptors (Lipinski definition) is 4. The predicted octanol–water partition coefficient (Wildman–Crippen LogP) is 4.58. The molecule has 0 unspecified atom stereocenters. The van der Waals surface area contributed by atoms with Crippen molar-refractivity contribution >= 4 is 29.5 Å². The van der Waals surface area contributed by atoms with Crippen LogP contribution in [0.25, 0.3) is 5.76 Å². The van der Waals surface area contributed by atoms with Crippen molar-refractivity contribution in [2.24, 2.45) is 0 Å². The number of rotatable bonds is 7. The van der Waals surface area contributed by atoms with Crippen molar-refractivity contribution < 1.29 is 18.1 Å². The number of phosphoric ester groups is 1. The third-order valence-corrected chi connectivity index (χ3v) is 3.93. The molecule has 0 aliphatic heterocycles. The minimum absolute atomic E-state index is 0.252. The lowest BCUT2D eigenvalue weighted by Gasteiger charge is -2.18. The van der Waals surface area contributed by atoms with E-state index in [1.165, 1.54) is 0 Å². The minimum Gasteiger partial charge on any atom is -0.403 e. The molecule has 0 heterocycles. The van der Waals surface area contributed by atoms with Crippen LogP contribution in [0.15, 0.2) is 35.3 Å². The Morgan fingerprint density at radius 2 is 1.78 bits per heavy atom. The van der Waals surface area contributed by atoms with Gasteiger partial charge >= 0.3 is 7.82 Å². The molecule has 1 aromatic rings. The van der Waals surface area contributed by atoms with Crippen LogP contribution in [0.5, 0.6) is 0 Å². The number of benzene rings is 1. The van der Waals surface area contributed by atoms with Gasteiger partial charge in [0.1, 0.15) is 5.76 Å². The van der Waals surface area contributed by atoms with E-state index in [0.29, 0.717) is 5.76 Å². The van der Waals surface area contributed by atoms with Gasteiger partial charge in [0.15, 0.2) is 0 Å². The molecule has 0 atom stereocenters. The fourth-order valence-corrected chi connectivity index (χ4v) is 2.98. The van der Waals surface area contributed by atoms with Crippen molar-refractivity contribution in [2.45, 2.75) is 13.8 Å². The Morgan fingerprint density at radius 3 is 2.22 bits per heavy atom. The molecule has 4 nitrogen and oxygen atoms in total. The van der Waals surface area contributed by atoms with Gasteiger partial charge < -0.3 is 4.52 Å². The lowest BCUT2D eigenvalue weighted by atomic mass is 10.2. The molecule has 0 saturated carbocycles. The van der Waals surface area contributed by atoms with E-state index in [9.17, 15) is 4.57 Å². The summed E-state index contributed by atoms with van der Waals surface area (Å²) in [6.45, 7) is 3.97. The second kappa shape index (κ2) is 7.74. The van der Waals surface area contributed by atoms with Crippen LogP contribution < -0.4 is 0 Å². The second-order valence-corrected chi connectivity index (χ2v) is 5.26. The van der Waals surface area contributed by atoms with E-state index in [-0.39, 0.29) is 13.2 Å². The third kappa shape index (κ3) is 4.58. The molecule has 0 aliphatic carbocycles. The lowest BCUT2D eigenvalue weighted by Crippen LogP contribution is -2.00. The molecule has 0 aromatic heterocycles. The van der Waals surface area contributed by atoms with E-state index < -0.39 is 7.82 Å². The van der Waals surface area contributed by atoms with Gasteiger partial charge in [-0.25, -0.2) is 4.57 Å². The highest BCUT2D eigenvalue weighted by Crippen LogP contribution is 2.52. The average molecular weight is 335 g/mol. The predicted molar refractivity (Wildman–Crippen MR) is 75.3 cm³/mol. The summed E-state index contributed by atoms with van der Waals surface area (Å²) in [6, 6.07) is 9.30. The fourth-order valence-electron chi connectivity index (χ4n) is 1.26. The summed E-state index contributed by atoms with van der Waals surface area (Å²) in [5.74, 6) is 0.404. The Balaban J connectivity index is 2.88. The smallest absolute Gasteiger partial charge is 0.403 e. The van der Waals surface area contributed by atoms with Gasteiger partial charge in [-0.2, -0.15) is 0 Å². The van der Waals surface area contributed by atoms with E-state index in [1.807, 2.05) is 30.3 Å². The molecule has 1 aromatic carbocycles. The van der Waals surface area contributed by atoms with Gasteiger partial charge in [-0.05, 0) is 13.8 Å². The van der Waals surface area contributed by atoms with Crippen molar-refractivity contribution in [3.05, 3.63) is 40.9 Å². The molecule has 0 spiro atoms. The molecule has 0 aliphatic rings. The highest BCUT2D eigenvalue weighted by atomic mass is 79.9. The molecular weight excluding hydrogens is 319 g/mol. The second-order valence-electron chi connectivity index (χ2n) is 3.21. The standard InChI is InChI=1S/C12H16BrO4P/c1-3-15-18(14,16-4-2)17-12(10-13)11-8-6-5-7-9-11/h5-10H,3-4H2,1-2H3/b12-10-. The van der Waals surface area contributed by atoms with Crippen LogP contribution in [0, 0.1) is 0 Å². The maximum atomic E-state index is 12.2. The van der Waals surface area contributed by atoms with Gasteiger partial charge in [-0.3, -0.25) is 9.05 Å². The van der Waals surface area contributed by atoms with Crippen molar-refractivity contribution in [2.75, 3.05) is 13.2 Å². The first-order chi connectivity index (χ1) is 8.65. The van der Waals surface area contributed by atoms with Crippen molar-refractivity contribution in [3.8, 4) is 0 Å². The molecule has 0 radical (unpaired) electrons. The highest BCUT2D eigenvalue weighted by molar-refractivity contribution is 9.11. The SMILES string of the molecule is CCOP(=O)(OCC)O/C(=C\Br)c1ccccc1. The van der Waals surface area contributed by atoms with E-state index in [0.717, 1.165) is 5.56 Å². The zero-order chi connectivity index (χ0) is 13.4. The molecule has 0 fully saturated rings. The first-order valence-electron chi connectivity index (χ1n) is 5.59. The third-order valence-electron chi connectivity index (χ3n) is 1.94. The Bertz CT molecular complexity index is 423. The molecule has 100 valence electrons. The number of halogens is 1. The normalized spacial score (nSPS) is 12.5. The minimum atomic E-state index is -3.56. The van der Waals surface area contributed by atoms with Crippen LogP contribution in [0.1, 0.15) is 19.4 Å². The number of hydrogen-bond donors (Lipinski definition) is 0. The van der Waals surface area contributed by atoms with E-state index in [4.69, 9.17) is 13.6 Å². The van der Waals surface area contributed by atoms with Gasteiger partial charge in [-0.15, -0.1) is 0 Å². The summed E-state index contributed by atoms with van der Waals surface area (Å²) >= 11 is 3.19. The van der Waals surface area contributed by atoms with E-state index in [1.54, 1.807) is 18.8 Å². The lowest BCUT2D eigenvalue weighted by molar-refractivity contribution is 0.159. The van der Waals surface area contributed by atoms with Gasteiger partial charge in [0, 0.05) is 10.5 Å². The molecule has 0 bridgehead atoms. The monoisotopic (exact) mass is 334 g/mol. The van der Waals surface area contributed by atoms with Crippen LogP contribution in [-0.2, 0) is 18.1 Å². The quantitative estimate of drug-likeness (QED) is 0.541. The fraction of sp³-hybridized carbons (Fsp3) is 0.333. The number of phosphoric acid groups is 1. The summed E-state index contributed by atoms with van der Waals surface area (Å²) in [5, 5.41) is 0. The molecule has 0 saturated heterocycles. The van der Waals surface area contributed by atoms with Gasteiger partial charge in [0.05, 0.1) is 13.2 Å². The van der Waals surface area contributed by atoms with E-state index in [2.05, 4.69) is 15.9 Å². The molecule has 0 N–H and O–H groups in total. The van der Waals surface area contributed by atoms with Crippen LogP contribution in [0.3, 0.4) is 0 Å². The Hall–Kier alpha value is -0.610. The maximum absolute atomic E-state index is 12.2. The summed E-state index contributed by atoms with van der Waals surface area (Å²) in [7, 11) is -3.56. The zero-order valence-electron chi connectivity index (χ0n) is 10.3. The summed E-state index contributed by atoms with van der Waals surface area (Å²) in [4.78, 5) is 1.55. The first kappa shape index (κ1) is 15.4. The molecular formula is C12H16BrO4P. The van der Waals surface area contributed by atoms with E-state index >= 15 is 0 Å². The van der Waals surface area contributed by atoms with Crippen molar-refractivity contribution in [1.29, 1.82) is 0 Å². The van der Waals surface area contributed by atoms with Crippen molar-refractivity contribution in [3.63, 3.8) is 0 Å². The Morgan fingerprint density at radius 1 is 1.22 bits per heavy atom. The molecule has 0 amide bonds. The summed E-state index contributed by atoms with van der Waals surface area (Å²) < 4.78 is 27.8. The van der Waals surface area contributed by atoms with Gasteiger partial charge in [0.2, 0.25) is 0 Å². The maximum Gasteiger partial charge on any atom is 0.530 e. The van der Waals surface area contributed by atoms with Crippen LogP contribution in [0.4, 0.5) is 0 Å². The Labute approximate surface area is 116 Å². The molecule has 18 heavy (non-hydrogen) atoms. The topological polar surface area (TPSA) is 44.8 Å². The van der Waals surface area contributed by atoms with Crippen LogP contribution in [-0.4, -0.2) is 13.2 Å². The zero-order valence-corrected chi connectivity index (χ0v) is 12.8. The highest BCUT2D eigenvalue weighted by Gasteiger charge is 2.28. The summed E-state index contributed by atoms with van der Waals surface area (Å²) in [6.07, 6.45) is 0. The van der Waals surface area contributed by atoms with Gasteiger partial charge in [-0.1, -0.05) is 46.3 Å². The van der Waals surface area contributed by atoms with Crippen LogP contribution >= 0.6 is 23.8 Å². The summed E-state index contributed by atoms with van der Waals surface area (Å²) in [5.41, 5.74) is 0.786. The van der Waals surface area contributed by atoms with Gasteiger partial charge in [0.25, 0.3) is 0 Å².